The van der Waals surface area contributed by atoms with Crippen LogP contribution in [0.1, 0.15) is 226 Å². The molecule has 0 saturated carbocycles. The third-order valence-electron chi connectivity index (χ3n) is 11.3. The lowest BCUT2D eigenvalue weighted by atomic mass is 10.1. The van der Waals surface area contributed by atoms with Gasteiger partial charge in [0.15, 0.2) is 6.10 Å². The van der Waals surface area contributed by atoms with Crippen molar-refractivity contribution < 1.29 is 52.2 Å². The fraction of sp³-hybridized carbons (Fsp3) is 0.707. The Morgan fingerprint density at radius 3 is 1.17 bits per heavy atom. The summed E-state index contributed by atoms with van der Waals surface area (Å²) in [6.07, 6.45) is 58.3. The van der Waals surface area contributed by atoms with Gasteiger partial charge in [0.05, 0.1) is 19.8 Å². The van der Waals surface area contributed by atoms with E-state index in [1.54, 1.807) is 0 Å². The predicted octanol–water partition coefficient (Wildman–Crippen LogP) is 15.9. The molecule has 0 saturated heterocycles. The highest BCUT2D eigenvalue weighted by atomic mass is 31.2. The van der Waals surface area contributed by atoms with Crippen molar-refractivity contribution in [3.63, 3.8) is 0 Å². The Hall–Kier alpha value is -3.34. The minimum atomic E-state index is -4.76. The minimum absolute atomic E-state index is 0.138. The molecule has 0 heterocycles. The highest BCUT2D eigenvalue weighted by Crippen LogP contribution is 2.43. The van der Waals surface area contributed by atoms with Crippen LogP contribution in [-0.2, 0) is 42.2 Å². The first-order chi connectivity index (χ1) is 34.2. The van der Waals surface area contributed by atoms with Crippen LogP contribution >= 0.6 is 7.82 Å². The van der Waals surface area contributed by atoms with Crippen molar-refractivity contribution >= 4 is 25.7 Å². The maximum absolute atomic E-state index is 12.9. The lowest BCUT2D eigenvalue weighted by Gasteiger charge is -2.21. The number of aliphatic hydroxyl groups is 1. The molecular weight excluding hydrogens is 904 g/mol. The number of hydrogen-bond acceptors (Lipinski definition) is 10. The van der Waals surface area contributed by atoms with Crippen LogP contribution in [0, 0.1) is 0 Å². The number of carbonyl (C=O) groups excluding carboxylic acids is 3. The first kappa shape index (κ1) is 66.7. The minimum Gasteiger partial charge on any atom is -0.462 e. The molecular formula is C58H99O11P. The molecule has 2 N–H and O–H groups in total. The van der Waals surface area contributed by atoms with Crippen molar-refractivity contribution in [2.75, 3.05) is 26.4 Å². The fourth-order valence-electron chi connectivity index (χ4n) is 7.14. The molecule has 11 nitrogen and oxygen atoms in total. The lowest BCUT2D eigenvalue weighted by molar-refractivity contribution is -0.161. The summed E-state index contributed by atoms with van der Waals surface area (Å²) in [6, 6.07) is 0. The molecule has 70 heavy (non-hydrogen) atoms. The molecule has 3 unspecified atom stereocenters. The lowest BCUT2D eigenvalue weighted by Crippen LogP contribution is -2.30. The van der Waals surface area contributed by atoms with Crippen molar-refractivity contribution in [3.05, 3.63) is 85.1 Å². The van der Waals surface area contributed by atoms with Crippen molar-refractivity contribution in [1.82, 2.24) is 0 Å². The number of allylic oxidation sites excluding steroid dienone is 14. The Bertz CT molecular complexity index is 1500. The van der Waals surface area contributed by atoms with Crippen LogP contribution in [0.2, 0.25) is 0 Å². The Morgan fingerprint density at radius 2 is 0.743 bits per heavy atom. The topological polar surface area (TPSA) is 155 Å². The molecule has 0 amide bonds. The maximum Gasteiger partial charge on any atom is 0.472 e. The van der Waals surface area contributed by atoms with E-state index in [-0.39, 0.29) is 25.9 Å². The van der Waals surface area contributed by atoms with Gasteiger partial charge in [-0.05, 0) is 109 Å². The summed E-state index contributed by atoms with van der Waals surface area (Å²) in [5.74, 6) is -1.53. The summed E-state index contributed by atoms with van der Waals surface area (Å²) in [5, 5.41) is 9.80. The first-order valence-corrected chi connectivity index (χ1v) is 29.0. The van der Waals surface area contributed by atoms with Gasteiger partial charge < -0.3 is 24.2 Å². The quantitative estimate of drug-likeness (QED) is 0.0197. The van der Waals surface area contributed by atoms with Crippen molar-refractivity contribution in [1.29, 1.82) is 0 Å². The van der Waals surface area contributed by atoms with Gasteiger partial charge in [-0.2, -0.15) is 0 Å². The van der Waals surface area contributed by atoms with Crippen LogP contribution in [0.3, 0.4) is 0 Å². The Balaban J connectivity index is 4.78. The number of unbranched alkanes of at least 4 members (excludes halogenated alkanes) is 19. The fourth-order valence-corrected chi connectivity index (χ4v) is 7.93. The monoisotopic (exact) mass is 1000 g/mol. The van der Waals surface area contributed by atoms with Crippen LogP contribution < -0.4 is 0 Å². The molecule has 3 atom stereocenters. The van der Waals surface area contributed by atoms with Gasteiger partial charge in [-0.3, -0.25) is 23.4 Å². The summed E-state index contributed by atoms with van der Waals surface area (Å²) in [5.41, 5.74) is 0. The van der Waals surface area contributed by atoms with Gasteiger partial charge in [0.25, 0.3) is 0 Å². The molecule has 0 rings (SSSR count). The summed E-state index contributed by atoms with van der Waals surface area (Å²) >= 11 is 0. The first-order valence-electron chi connectivity index (χ1n) is 27.5. The van der Waals surface area contributed by atoms with Crippen molar-refractivity contribution in [3.8, 4) is 0 Å². The van der Waals surface area contributed by atoms with Crippen LogP contribution in [0.25, 0.3) is 0 Å². The van der Waals surface area contributed by atoms with E-state index >= 15 is 0 Å². The normalized spacial score (nSPS) is 14.1. The Morgan fingerprint density at radius 1 is 0.414 bits per heavy atom. The number of aliphatic hydroxyl groups excluding tert-OH is 1. The van der Waals surface area contributed by atoms with E-state index in [0.29, 0.717) is 19.3 Å². The van der Waals surface area contributed by atoms with E-state index in [1.165, 1.54) is 38.5 Å². The van der Waals surface area contributed by atoms with Crippen LogP contribution in [0.5, 0.6) is 0 Å². The highest BCUT2D eigenvalue weighted by molar-refractivity contribution is 7.47. The Labute approximate surface area is 426 Å². The largest absolute Gasteiger partial charge is 0.472 e. The van der Waals surface area contributed by atoms with E-state index in [1.807, 2.05) is 0 Å². The molecule has 0 aromatic rings. The molecule has 402 valence electrons. The average Bonchev–Trinajstić information content (AvgIpc) is 3.35. The average molecular weight is 1000 g/mol. The number of carbonyl (C=O) groups is 3. The maximum atomic E-state index is 12.9. The molecule has 0 fully saturated rings. The number of phosphoric ester groups is 1. The summed E-state index contributed by atoms with van der Waals surface area (Å²) in [4.78, 5) is 48.4. The van der Waals surface area contributed by atoms with E-state index in [4.69, 9.17) is 23.3 Å². The van der Waals surface area contributed by atoms with Gasteiger partial charge in [-0.1, -0.05) is 183 Å². The predicted molar refractivity (Wildman–Crippen MR) is 288 cm³/mol. The number of phosphoric acid groups is 1. The third-order valence-corrected chi connectivity index (χ3v) is 12.2. The van der Waals surface area contributed by atoms with Gasteiger partial charge in [-0.15, -0.1) is 0 Å². The Kier molecular flexibility index (Phi) is 49.5. The van der Waals surface area contributed by atoms with Crippen LogP contribution in [0.15, 0.2) is 85.1 Å². The second-order valence-corrected chi connectivity index (χ2v) is 19.4. The molecule has 0 aromatic heterocycles. The van der Waals surface area contributed by atoms with Crippen LogP contribution in [0.4, 0.5) is 0 Å². The van der Waals surface area contributed by atoms with E-state index in [9.17, 15) is 28.9 Å². The van der Waals surface area contributed by atoms with Gasteiger partial charge >= 0.3 is 25.7 Å². The zero-order valence-electron chi connectivity index (χ0n) is 44.2. The second-order valence-electron chi connectivity index (χ2n) is 18.0. The number of ether oxygens (including phenoxy) is 3. The summed E-state index contributed by atoms with van der Waals surface area (Å²) in [7, 11) is -4.76. The van der Waals surface area contributed by atoms with Gasteiger partial charge in [0.1, 0.15) is 12.7 Å². The molecule has 0 radical (unpaired) electrons. The standard InChI is InChI=1S/C58H99O11P/c1-4-7-10-13-16-19-22-25-27-30-33-36-39-42-45-48-57(61)68-54(50-59)52-66-70(63,64)67-53-55(51-65-56(60)47-44-41-38-35-32-29-24-21-18-15-12-9-6-3)69-58(62)49-46-43-40-37-34-31-28-26-23-20-17-14-11-8-5-2/h8-9,11-12,17-18,20-21,25-29,32,54-55,59H,4-7,10,13-16,19,22-24,30-31,33-53H2,1-3H3,(H,63,64)/b11-8-,12-9-,20-17-,21-18-,27-25-,28-26-,32-29-. The smallest absolute Gasteiger partial charge is 0.462 e. The van der Waals surface area contributed by atoms with E-state index in [0.717, 1.165) is 128 Å². The second kappa shape index (κ2) is 52.0. The highest BCUT2D eigenvalue weighted by Gasteiger charge is 2.28. The molecule has 0 aliphatic rings. The number of esters is 3. The molecule has 12 heteroatoms. The SMILES string of the molecule is CC/C=C\C/C=C\C/C=C\CCCCCCCC(=O)OC(COC(=O)CCCCC/C=C\C/C=C\C/C=C\CC)COP(=O)(O)OCC(CO)OC(=O)CCCCCCC/C=C\CCCCCCCC. The molecule has 0 aliphatic carbocycles. The molecule has 0 aromatic carbocycles. The summed E-state index contributed by atoms with van der Waals surface area (Å²) < 4.78 is 39.4. The van der Waals surface area contributed by atoms with E-state index in [2.05, 4.69) is 106 Å². The van der Waals surface area contributed by atoms with Gasteiger partial charge in [0.2, 0.25) is 0 Å². The van der Waals surface area contributed by atoms with Crippen LogP contribution in [-0.4, -0.2) is 66.5 Å². The molecule has 0 aliphatic heterocycles. The van der Waals surface area contributed by atoms with Crippen molar-refractivity contribution in [2.24, 2.45) is 0 Å². The summed E-state index contributed by atoms with van der Waals surface area (Å²) in [6.45, 7) is 4.34. The zero-order chi connectivity index (χ0) is 51.3. The molecule has 0 bridgehead atoms. The zero-order valence-corrected chi connectivity index (χ0v) is 45.1. The molecule has 0 spiro atoms. The third kappa shape index (κ3) is 49.6. The van der Waals surface area contributed by atoms with Gasteiger partial charge in [0, 0.05) is 19.3 Å². The van der Waals surface area contributed by atoms with E-state index < -0.39 is 57.8 Å². The van der Waals surface area contributed by atoms with Gasteiger partial charge in [-0.25, -0.2) is 4.57 Å². The van der Waals surface area contributed by atoms with Crippen molar-refractivity contribution in [2.45, 2.75) is 238 Å². The number of rotatable bonds is 50. The number of hydrogen-bond donors (Lipinski definition) is 2.